The third-order valence-electron chi connectivity index (χ3n) is 4.28. The first-order valence-electron chi connectivity index (χ1n) is 7.08. The number of imide groups is 2. The van der Waals surface area contributed by atoms with E-state index < -0.39 is 33.3 Å². The van der Waals surface area contributed by atoms with Crippen LogP contribution < -0.4 is 10.6 Å². The molecule has 1 spiro atoms. The second-order valence-corrected chi connectivity index (χ2v) is 7.47. The number of benzene rings is 1. The number of nitrogens with zero attached hydrogens (tertiary/aromatic N) is 1. The second kappa shape index (κ2) is 5.43. The summed E-state index contributed by atoms with van der Waals surface area (Å²) in [5.74, 6) is -1.33. The van der Waals surface area contributed by atoms with Gasteiger partial charge in [-0.25, -0.2) is 13.2 Å². The van der Waals surface area contributed by atoms with Crippen LogP contribution in [0.3, 0.4) is 0 Å². The highest BCUT2D eigenvalue weighted by Crippen LogP contribution is 2.35. The summed E-state index contributed by atoms with van der Waals surface area (Å²) in [7, 11) is -3.66. The number of amides is 4. The fourth-order valence-corrected chi connectivity index (χ4v) is 4.35. The lowest BCUT2D eigenvalue weighted by molar-refractivity contribution is -0.147. The Hall–Kier alpha value is -2.26. The van der Waals surface area contributed by atoms with E-state index in [1.807, 2.05) is 0 Å². The molecule has 0 atom stereocenters. The molecule has 2 N–H and O–H groups in total. The SMILES string of the molecule is O=C1NC(=O)C2(CCN(S(=O)(=O)c3ccccc3)CC2)C(=O)N1. The zero-order valence-electron chi connectivity index (χ0n) is 12.1. The molecule has 2 aliphatic rings. The number of piperidine rings is 1. The minimum Gasteiger partial charge on any atom is -0.277 e. The molecule has 0 aliphatic carbocycles. The number of carbonyl (C=O) groups is 3. The van der Waals surface area contributed by atoms with Crippen LogP contribution in [0.1, 0.15) is 12.8 Å². The third-order valence-corrected chi connectivity index (χ3v) is 6.19. The van der Waals surface area contributed by atoms with Gasteiger partial charge in [-0.1, -0.05) is 18.2 Å². The molecule has 3 rings (SSSR count). The Bertz CT molecular complexity index is 745. The van der Waals surface area contributed by atoms with E-state index in [-0.39, 0.29) is 30.8 Å². The van der Waals surface area contributed by atoms with Crippen LogP contribution in [-0.4, -0.2) is 43.7 Å². The van der Waals surface area contributed by atoms with Gasteiger partial charge in [0.25, 0.3) is 0 Å². The topological polar surface area (TPSA) is 113 Å². The maximum atomic E-state index is 12.5. The first kappa shape index (κ1) is 15.6. The molecule has 2 fully saturated rings. The first-order chi connectivity index (χ1) is 10.9. The summed E-state index contributed by atoms with van der Waals surface area (Å²) in [6.07, 6.45) is 0.0635. The molecular weight excluding hydrogens is 322 g/mol. The molecule has 2 saturated heterocycles. The fraction of sp³-hybridized carbons (Fsp3) is 0.357. The lowest BCUT2D eigenvalue weighted by Crippen LogP contribution is -2.65. The van der Waals surface area contributed by atoms with Gasteiger partial charge in [-0.2, -0.15) is 4.31 Å². The standard InChI is InChI=1S/C14H15N3O5S/c18-11-14(12(19)16-13(20)15-11)6-8-17(9-7-14)23(21,22)10-4-2-1-3-5-10/h1-5H,6-9H2,(H2,15,16,18,19,20). The Morgan fingerprint density at radius 3 is 1.96 bits per heavy atom. The first-order valence-corrected chi connectivity index (χ1v) is 8.52. The average molecular weight is 337 g/mol. The Morgan fingerprint density at radius 1 is 0.913 bits per heavy atom. The number of sulfonamides is 1. The van der Waals surface area contributed by atoms with Gasteiger partial charge < -0.3 is 0 Å². The van der Waals surface area contributed by atoms with E-state index in [2.05, 4.69) is 10.6 Å². The minimum atomic E-state index is -3.66. The quantitative estimate of drug-likeness (QED) is 0.727. The van der Waals surface area contributed by atoms with E-state index in [1.165, 1.54) is 16.4 Å². The molecule has 1 aromatic rings. The van der Waals surface area contributed by atoms with Crippen molar-refractivity contribution in [2.24, 2.45) is 5.41 Å². The lowest BCUT2D eigenvalue weighted by Gasteiger charge is -2.40. The average Bonchev–Trinajstić information content (AvgIpc) is 2.54. The second-order valence-electron chi connectivity index (χ2n) is 5.54. The number of nitrogens with one attached hydrogen (secondary N) is 2. The molecule has 8 nitrogen and oxygen atoms in total. The molecule has 122 valence electrons. The number of hydrogen-bond acceptors (Lipinski definition) is 5. The molecule has 0 bridgehead atoms. The van der Waals surface area contributed by atoms with Crippen LogP contribution in [-0.2, 0) is 19.6 Å². The molecule has 0 aromatic heterocycles. The van der Waals surface area contributed by atoms with Gasteiger partial charge in [-0.15, -0.1) is 0 Å². The van der Waals surface area contributed by atoms with Gasteiger partial charge in [0, 0.05) is 13.1 Å². The third kappa shape index (κ3) is 2.51. The Labute approximate surface area is 132 Å². The molecule has 2 heterocycles. The number of hydrogen-bond donors (Lipinski definition) is 2. The maximum absolute atomic E-state index is 12.5. The summed E-state index contributed by atoms with van der Waals surface area (Å²) in [6, 6.07) is 7.14. The smallest absolute Gasteiger partial charge is 0.277 e. The lowest BCUT2D eigenvalue weighted by atomic mass is 9.76. The molecule has 9 heteroatoms. The van der Waals surface area contributed by atoms with E-state index in [0.717, 1.165) is 0 Å². The van der Waals surface area contributed by atoms with E-state index in [0.29, 0.717) is 0 Å². The highest BCUT2D eigenvalue weighted by molar-refractivity contribution is 7.89. The van der Waals surface area contributed by atoms with Crippen LogP contribution in [0.25, 0.3) is 0 Å². The van der Waals surface area contributed by atoms with Gasteiger partial charge in [0.1, 0.15) is 5.41 Å². The van der Waals surface area contributed by atoms with Crippen molar-refractivity contribution in [1.82, 2.24) is 14.9 Å². The number of rotatable bonds is 2. The molecule has 0 saturated carbocycles. The van der Waals surface area contributed by atoms with Crippen molar-refractivity contribution in [3.63, 3.8) is 0 Å². The van der Waals surface area contributed by atoms with Crippen LogP contribution in [0.2, 0.25) is 0 Å². The van der Waals surface area contributed by atoms with Crippen molar-refractivity contribution in [1.29, 1.82) is 0 Å². The van der Waals surface area contributed by atoms with Crippen molar-refractivity contribution < 1.29 is 22.8 Å². The van der Waals surface area contributed by atoms with E-state index in [4.69, 9.17) is 0 Å². The van der Waals surface area contributed by atoms with E-state index in [1.54, 1.807) is 18.2 Å². The minimum absolute atomic E-state index is 0.0318. The van der Waals surface area contributed by atoms with Gasteiger partial charge >= 0.3 is 6.03 Å². The highest BCUT2D eigenvalue weighted by Gasteiger charge is 2.52. The molecule has 2 aliphatic heterocycles. The van der Waals surface area contributed by atoms with Gasteiger partial charge in [-0.05, 0) is 25.0 Å². The Kier molecular flexibility index (Phi) is 3.69. The predicted octanol–water partition coefficient (Wildman–Crippen LogP) is -0.177. The van der Waals surface area contributed by atoms with Gasteiger partial charge in [-0.3, -0.25) is 20.2 Å². The molecule has 0 unspecified atom stereocenters. The van der Waals surface area contributed by atoms with Crippen LogP contribution in [0.5, 0.6) is 0 Å². The van der Waals surface area contributed by atoms with Crippen LogP contribution in [0.4, 0.5) is 4.79 Å². The summed E-state index contributed by atoms with van der Waals surface area (Å²) in [6.45, 7) is 0.0680. The molecule has 1 aromatic carbocycles. The molecule has 4 amide bonds. The summed E-state index contributed by atoms with van der Waals surface area (Å²) >= 11 is 0. The van der Waals surface area contributed by atoms with Crippen molar-refractivity contribution in [2.45, 2.75) is 17.7 Å². The van der Waals surface area contributed by atoms with Crippen LogP contribution in [0.15, 0.2) is 35.2 Å². The predicted molar refractivity (Wildman–Crippen MR) is 78.5 cm³/mol. The van der Waals surface area contributed by atoms with Crippen LogP contribution in [0, 0.1) is 5.41 Å². The van der Waals surface area contributed by atoms with Crippen molar-refractivity contribution in [3.05, 3.63) is 30.3 Å². The largest absolute Gasteiger partial charge is 0.328 e. The summed E-state index contributed by atoms with van der Waals surface area (Å²) in [4.78, 5) is 35.4. The van der Waals surface area contributed by atoms with Crippen molar-refractivity contribution in [3.8, 4) is 0 Å². The zero-order valence-corrected chi connectivity index (χ0v) is 12.9. The molecule has 23 heavy (non-hydrogen) atoms. The summed E-state index contributed by atoms with van der Waals surface area (Å²) in [5.41, 5.74) is -1.38. The normalized spacial score (nSPS) is 21.8. The van der Waals surface area contributed by atoms with Gasteiger partial charge in [0.05, 0.1) is 4.90 Å². The highest BCUT2D eigenvalue weighted by atomic mass is 32.2. The van der Waals surface area contributed by atoms with Crippen molar-refractivity contribution >= 4 is 27.9 Å². The summed E-state index contributed by atoms with van der Waals surface area (Å²) in [5, 5.41) is 4.16. The van der Waals surface area contributed by atoms with E-state index >= 15 is 0 Å². The van der Waals surface area contributed by atoms with Crippen molar-refractivity contribution in [2.75, 3.05) is 13.1 Å². The van der Waals surface area contributed by atoms with E-state index in [9.17, 15) is 22.8 Å². The fourth-order valence-electron chi connectivity index (χ4n) is 2.88. The Balaban J connectivity index is 1.80. The number of barbiturate groups is 1. The number of urea groups is 1. The van der Waals surface area contributed by atoms with Crippen LogP contribution >= 0.6 is 0 Å². The summed E-state index contributed by atoms with van der Waals surface area (Å²) < 4.78 is 26.3. The Morgan fingerprint density at radius 2 is 1.43 bits per heavy atom. The van der Waals surface area contributed by atoms with Gasteiger partial charge in [0.2, 0.25) is 21.8 Å². The monoisotopic (exact) mass is 337 g/mol. The molecular formula is C14H15N3O5S. The number of carbonyl (C=O) groups excluding carboxylic acids is 3. The van der Waals surface area contributed by atoms with Gasteiger partial charge in [0.15, 0.2) is 0 Å². The molecule has 0 radical (unpaired) electrons. The maximum Gasteiger partial charge on any atom is 0.328 e. The zero-order chi connectivity index (χ0) is 16.7.